The van der Waals surface area contributed by atoms with Crippen molar-refractivity contribution in [3.63, 3.8) is 0 Å². The Labute approximate surface area is 96.4 Å². The molecule has 0 heterocycles. The molecule has 2 N–H and O–H groups in total. The number of aliphatic carboxylic acids is 1. The fourth-order valence-corrected chi connectivity index (χ4v) is 2.58. The van der Waals surface area contributed by atoms with Gasteiger partial charge in [-0.15, -0.1) is 0 Å². The fraction of sp³-hybridized carbons (Fsp3) is 0.833. The summed E-state index contributed by atoms with van der Waals surface area (Å²) in [5.74, 6) is -0.302. The molecular formula is C12H21NO3. The SMILES string of the molecule is CC(=O)NC1(C(=O)O)CCCC(C(C)C)C1. The summed E-state index contributed by atoms with van der Waals surface area (Å²) in [4.78, 5) is 22.5. The van der Waals surface area contributed by atoms with Gasteiger partial charge in [0.15, 0.2) is 0 Å². The zero-order valence-corrected chi connectivity index (χ0v) is 10.2. The van der Waals surface area contributed by atoms with E-state index in [2.05, 4.69) is 19.2 Å². The number of carboxylic acids is 1. The van der Waals surface area contributed by atoms with Crippen LogP contribution in [0.2, 0.25) is 0 Å². The third kappa shape index (κ3) is 2.74. The van der Waals surface area contributed by atoms with Crippen LogP contribution < -0.4 is 5.32 Å². The van der Waals surface area contributed by atoms with Crippen LogP contribution in [0.4, 0.5) is 0 Å². The van der Waals surface area contributed by atoms with Crippen LogP contribution in [0, 0.1) is 11.8 Å². The van der Waals surface area contributed by atoms with Gasteiger partial charge in [-0.2, -0.15) is 0 Å². The summed E-state index contributed by atoms with van der Waals surface area (Å²) in [6.45, 7) is 5.59. The van der Waals surface area contributed by atoms with Crippen LogP contribution in [0.25, 0.3) is 0 Å². The van der Waals surface area contributed by atoms with Crippen LogP contribution in [0.1, 0.15) is 46.5 Å². The number of carbonyl (C=O) groups excluding carboxylic acids is 1. The topological polar surface area (TPSA) is 66.4 Å². The second kappa shape index (κ2) is 4.85. The predicted octanol–water partition coefficient (Wildman–Crippen LogP) is 1.79. The second-order valence-electron chi connectivity index (χ2n) is 5.17. The molecule has 0 spiro atoms. The molecule has 0 bridgehead atoms. The normalized spacial score (nSPS) is 30.1. The molecule has 0 aromatic carbocycles. The van der Waals surface area contributed by atoms with E-state index in [1.165, 1.54) is 6.92 Å². The zero-order chi connectivity index (χ0) is 12.3. The van der Waals surface area contributed by atoms with Gasteiger partial charge in [-0.05, 0) is 31.1 Å². The summed E-state index contributed by atoms with van der Waals surface area (Å²) in [6.07, 6.45) is 3.03. The molecule has 0 aromatic heterocycles. The molecule has 0 aromatic rings. The smallest absolute Gasteiger partial charge is 0.329 e. The summed E-state index contributed by atoms with van der Waals surface area (Å²) >= 11 is 0. The van der Waals surface area contributed by atoms with Gasteiger partial charge in [0.25, 0.3) is 0 Å². The summed E-state index contributed by atoms with van der Waals surface area (Å²) in [7, 11) is 0. The third-order valence-corrected chi connectivity index (χ3v) is 3.56. The molecule has 0 saturated heterocycles. The summed E-state index contributed by atoms with van der Waals surface area (Å²) in [5.41, 5.74) is -1.03. The summed E-state index contributed by atoms with van der Waals surface area (Å²) in [6, 6.07) is 0. The molecule has 92 valence electrons. The predicted molar refractivity (Wildman–Crippen MR) is 61.0 cm³/mol. The summed E-state index contributed by atoms with van der Waals surface area (Å²) < 4.78 is 0. The monoisotopic (exact) mass is 227 g/mol. The molecule has 1 amide bonds. The van der Waals surface area contributed by atoms with Crippen LogP contribution in [-0.4, -0.2) is 22.5 Å². The Hall–Kier alpha value is -1.06. The highest BCUT2D eigenvalue weighted by molar-refractivity contribution is 5.86. The number of carboxylic acid groups (broad SMARTS) is 1. The van der Waals surface area contributed by atoms with Gasteiger partial charge in [0.05, 0.1) is 0 Å². The van der Waals surface area contributed by atoms with Gasteiger partial charge in [-0.25, -0.2) is 4.79 Å². The molecule has 1 aliphatic carbocycles. The molecule has 1 aliphatic rings. The van der Waals surface area contributed by atoms with Crippen molar-refractivity contribution in [3.8, 4) is 0 Å². The molecule has 2 atom stereocenters. The lowest BCUT2D eigenvalue weighted by molar-refractivity contribution is -0.150. The van der Waals surface area contributed by atoms with Crippen LogP contribution in [0.15, 0.2) is 0 Å². The van der Waals surface area contributed by atoms with Crippen molar-refractivity contribution < 1.29 is 14.7 Å². The van der Waals surface area contributed by atoms with Crippen molar-refractivity contribution in [1.29, 1.82) is 0 Å². The van der Waals surface area contributed by atoms with Gasteiger partial charge < -0.3 is 10.4 Å². The van der Waals surface area contributed by atoms with Crippen molar-refractivity contribution in [2.45, 2.75) is 52.0 Å². The fourth-order valence-electron chi connectivity index (χ4n) is 2.58. The third-order valence-electron chi connectivity index (χ3n) is 3.56. The Morgan fingerprint density at radius 1 is 1.44 bits per heavy atom. The maximum Gasteiger partial charge on any atom is 0.329 e. The van der Waals surface area contributed by atoms with Gasteiger partial charge >= 0.3 is 5.97 Å². The number of rotatable bonds is 3. The van der Waals surface area contributed by atoms with Gasteiger partial charge in [0.1, 0.15) is 5.54 Å². The van der Waals surface area contributed by atoms with Crippen LogP contribution >= 0.6 is 0 Å². The maximum absolute atomic E-state index is 11.4. The number of amides is 1. The molecule has 1 fully saturated rings. The lowest BCUT2D eigenvalue weighted by Crippen LogP contribution is -2.56. The van der Waals surface area contributed by atoms with Crippen molar-refractivity contribution in [1.82, 2.24) is 5.32 Å². The van der Waals surface area contributed by atoms with E-state index in [4.69, 9.17) is 0 Å². The lowest BCUT2D eigenvalue weighted by Gasteiger charge is -2.39. The average Bonchev–Trinajstić information content (AvgIpc) is 2.16. The van der Waals surface area contributed by atoms with Gasteiger partial charge in [0, 0.05) is 6.92 Å². The number of hydrogen-bond donors (Lipinski definition) is 2. The van der Waals surface area contributed by atoms with Gasteiger partial charge in [0.2, 0.25) is 5.91 Å². The molecule has 0 aliphatic heterocycles. The minimum atomic E-state index is -1.03. The number of hydrogen-bond acceptors (Lipinski definition) is 2. The minimum absolute atomic E-state index is 0.258. The molecular weight excluding hydrogens is 206 g/mol. The van der Waals surface area contributed by atoms with E-state index in [1.54, 1.807) is 0 Å². The van der Waals surface area contributed by atoms with E-state index < -0.39 is 11.5 Å². The first-order valence-corrected chi connectivity index (χ1v) is 5.89. The number of carbonyl (C=O) groups is 2. The first-order valence-electron chi connectivity index (χ1n) is 5.89. The van der Waals surface area contributed by atoms with Gasteiger partial charge in [-0.3, -0.25) is 4.79 Å². The Kier molecular flexibility index (Phi) is 3.94. The molecule has 16 heavy (non-hydrogen) atoms. The summed E-state index contributed by atoms with van der Waals surface area (Å²) in [5, 5.41) is 12.0. The zero-order valence-electron chi connectivity index (χ0n) is 10.2. The molecule has 4 nitrogen and oxygen atoms in total. The highest BCUT2D eigenvalue weighted by Crippen LogP contribution is 2.36. The van der Waals surface area contributed by atoms with Crippen molar-refractivity contribution in [3.05, 3.63) is 0 Å². The van der Waals surface area contributed by atoms with Crippen molar-refractivity contribution in [2.75, 3.05) is 0 Å². The maximum atomic E-state index is 11.4. The minimum Gasteiger partial charge on any atom is -0.480 e. The first-order chi connectivity index (χ1) is 7.37. The number of nitrogens with one attached hydrogen (secondary N) is 1. The molecule has 2 unspecified atom stereocenters. The Morgan fingerprint density at radius 3 is 2.50 bits per heavy atom. The molecule has 0 radical (unpaired) electrons. The van der Waals surface area contributed by atoms with Gasteiger partial charge in [-0.1, -0.05) is 20.3 Å². The van der Waals surface area contributed by atoms with E-state index in [0.717, 1.165) is 12.8 Å². The van der Waals surface area contributed by atoms with E-state index in [1.807, 2.05) is 0 Å². The highest BCUT2D eigenvalue weighted by atomic mass is 16.4. The largest absolute Gasteiger partial charge is 0.480 e. The van der Waals surface area contributed by atoms with E-state index >= 15 is 0 Å². The van der Waals surface area contributed by atoms with E-state index in [0.29, 0.717) is 24.7 Å². The Bertz CT molecular complexity index is 288. The Morgan fingerprint density at radius 2 is 2.06 bits per heavy atom. The highest BCUT2D eigenvalue weighted by Gasteiger charge is 2.44. The second-order valence-corrected chi connectivity index (χ2v) is 5.17. The first kappa shape index (κ1) is 13.0. The van der Waals surface area contributed by atoms with E-state index in [-0.39, 0.29) is 5.91 Å². The van der Waals surface area contributed by atoms with Crippen LogP contribution in [0.3, 0.4) is 0 Å². The van der Waals surface area contributed by atoms with Crippen LogP contribution in [0.5, 0.6) is 0 Å². The van der Waals surface area contributed by atoms with Crippen molar-refractivity contribution in [2.24, 2.45) is 11.8 Å². The quantitative estimate of drug-likeness (QED) is 0.772. The average molecular weight is 227 g/mol. The van der Waals surface area contributed by atoms with Crippen LogP contribution in [-0.2, 0) is 9.59 Å². The van der Waals surface area contributed by atoms with E-state index in [9.17, 15) is 14.7 Å². The molecule has 1 saturated carbocycles. The lowest BCUT2D eigenvalue weighted by atomic mass is 9.71. The molecule has 4 heteroatoms. The van der Waals surface area contributed by atoms with Crippen molar-refractivity contribution >= 4 is 11.9 Å². The Balaban J connectivity index is 2.84. The molecule has 1 rings (SSSR count). The standard InChI is InChI=1S/C12H21NO3/c1-8(2)10-5-4-6-12(7-10,11(15)16)13-9(3)14/h8,10H,4-7H2,1-3H3,(H,13,14)(H,15,16).